The lowest BCUT2D eigenvalue weighted by atomic mass is 10.0. The Labute approximate surface area is 120 Å². The van der Waals surface area contributed by atoms with Crippen molar-refractivity contribution < 1.29 is 9.90 Å². The van der Waals surface area contributed by atoms with Crippen LogP contribution in [0.4, 0.5) is 0 Å². The van der Waals surface area contributed by atoms with E-state index in [0.29, 0.717) is 0 Å². The van der Waals surface area contributed by atoms with Crippen LogP contribution in [-0.4, -0.2) is 22.3 Å². The average Bonchev–Trinajstić information content (AvgIpc) is 2.86. The van der Waals surface area contributed by atoms with E-state index in [0.717, 1.165) is 26.9 Å². The van der Waals surface area contributed by atoms with Gasteiger partial charge in [0.25, 0.3) is 0 Å². The van der Waals surface area contributed by atoms with Gasteiger partial charge in [0.1, 0.15) is 5.69 Å². The molecule has 0 atom stereocenters. The molecular weight excluding hydrogens is 270 g/mol. The minimum atomic E-state index is -0.939. The summed E-state index contributed by atoms with van der Waals surface area (Å²) in [5.74, 6) is -0.939. The molecule has 0 amide bonds. The van der Waals surface area contributed by atoms with Crippen molar-refractivity contribution in [2.24, 2.45) is 0 Å². The maximum Gasteiger partial charge on any atom is 0.352 e. The van der Waals surface area contributed by atoms with Gasteiger partial charge in [-0.1, -0.05) is 30.3 Å². The van der Waals surface area contributed by atoms with E-state index in [9.17, 15) is 9.90 Å². The van der Waals surface area contributed by atoms with Crippen LogP contribution in [0, 0.1) is 0 Å². The van der Waals surface area contributed by atoms with Gasteiger partial charge in [-0.05, 0) is 30.0 Å². The molecule has 3 aromatic rings. The summed E-state index contributed by atoms with van der Waals surface area (Å²) >= 11 is 1.64. The first-order valence-electron chi connectivity index (χ1n) is 6.19. The predicted octanol–water partition coefficient (Wildman–Crippen LogP) is 4.26. The van der Waals surface area contributed by atoms with Crippen molar-refractivity contribution in [1.82, 2.24) is 4.98 Å². The number of aromatic carboxylic acids is 1. The van der Waals surface area contributed by atoms with Crippen LogP contribution in [0.5, 0.6) is 0 Å². The van der Waals surface area contributed by atoms with Crippen LogP contribution in [0.15, 0.2) is 53.4 Å². The standard InChI is InChI=1S/C16H13NO2S/c1-20-11-7-8-13-12(9-11)14(15(17-13)16(18)19)10-5-3-2-4-6-10/h2-9,17H,1H3,(H,18,19). The fourth-order valence-corrected chi connectivity index (χ4v) is 2.80. The number of carboxylic acids is 1. The first-order valence-corrected chi connectivity index (χ1v) is 7.41. The SMILES string of the molecule is CSc1ccc2[nH]c(C(=O)O)c(-c3ccccc3)c2c1. The summed E-state index contributed by atoms with van der Waals surface area (Å²) in [6.45, 7) is 0. The molecule has 3 rings (SSSR count). The van der Waals surface area contributed by atoms with E-state index in [1.165, 1.54) is 0 Å². The van der Waals surface area contributed by atoms with Crippen molar-refractivity contribution in [3.8, 4) is 11.1 Å². The van der Waals surface area contributed by atoms with Crippen molar-refractivity contribution in [2.45, 2.75) is 4.90 Å². The van der Waals surface area contributed by atoms with Crippen molar-refractivity contribution >= 4 is 28.6 Å². The third-order valence-corrected chi connectivity index (χ3v) is 4.01. The molecule has 0 aliphatic rings. The number of aromatic amines is 1. The highest BCUT2D eigenvalue weighted by atomic mass is 32.2. The largest absolute Gasteiger partial charge is 0.477 e. The van der Waals surface area contributed by atoms with Gasteiger partial charge in [0.05, 0.1) is 0 Å². The van der Waals surface area contributed by atoms with Crippen LogP contribution in [0.2, 0.25) is 0 Å². The molecule has 0 saturated carbocycles. The van der Waals surface area contributed by atoms with Gasteiger partial charge in [0, 0.05) is 21.4 Å². The molecule has 2 N–H and O–H groups in total. The Morgan fingerprint density at radius 3 is 2.55 bits per heavy atom. The van der Waals surface area contributed by atoms with Gasteiger partial charge in [0.2, 0.25) is 0 Å². The van der Waals surface area contributed by atoms with E-state index < -0.39 is 5.97 Å². The quantitative estimate of drug-likeness (QED) is 0.706. The Kier molecular flexibility index (Phi) is 3.24. The number of hydrogen-bond acceptors (Lipinski definition) is 2. The zero-order valence-corrected chi connectivity index (χ0v) is 11.7. The van der Waals surface area contributed by atoms with E-state index in [1.54, 1.807) is 11.8 Å². The molecule has 100 valence electrons. The van der Waals surface area contributed by atoms with Crippen molar-refractivity contribution in [3.05, 3.63) is 54.2 Å². The molecule has 0 saturated heterocycles. The Balaban J connectivity index is 2.36. The Hall–Kier alpha value is -2.20. The summed E-state index contributed by atoms with van der Waals surface area (Å²) in [6.07, 6.45) is 2.01. The first-order chi connectivity index (χ1) is 9.70. The normalized spacial score (nSPS) is 10.8. The highest BCUT2D eigenvalue weighted by molar-refractivity contribution is 7.98. The van der Waals surface area contributed by atoms with Crippen LogP contribution in [0.1, 0.15) is 10.5 Å². The van der Waals surface area contributed by atoms with Gasteiger partial charge in [-0.25, -0.2) is 4.79 Å². The number of carbonyl (C=O) groups is 1. The summed E-state index contributed by atoms with van der Waals surface area (Å²) in [5, 5.41) is 10.4. The van der Waals surface area contributed by atoms with Gasteiger partial charge in [-0.2, -0.15) is 0 Å². The number of benzene rings is 2. The van der Waals surface area contributed by atoms with E-state index >= 15 is 0 Å². The Morgan fingerprint density at radius 2 is 1.90 bits per heavy atom. The summed E-state index contributed by atoms with van der Waals surface area (Å²) in [7, 11) is 0. The molecular formula is C16H13NO2S. The predicted molar refractivity (Wildman–Crippen MR) is 82.5 cm³/mol. The number of nitrogens with one attached hydrogen (secondary N) is 1. The average molecular weight is 283 g/mol. The van der Waals surface area contributed by atoms with Crippen LogP contribution in [-0.2, 0) is 0 Å². The van der Waals surface area contributed by atoms with Gasteiger partial charge in [0.15, 0.2) is 0 Å². The molecule has 0 unspecified atom stereocenters. The molecule has 0 spiro atoms. The van der Waals surface area contributed by atoms with E-state index in [2.05, 4.69) is 4.98 Å². The zero-order chi connectivity index (χ0) is 14.1. The number of H-pyrrole nitrogens is 1. The second kappa shape index (κ2) is 5.06. The number of aromatic nitrogens is 1. The third-order valence-electron chi connectivity index (χ3n) is 3.28. The Bertz CT molecular complexity index is 778. The molecule has 4 heteroatoms. The van der Waals surface area contributed by atoms with Gasteiger partial charge in [-0.3, -0.25) is 0 Å². The summed E-state index contributed by atoms with van der Waals surface area (Å²) in [4.78, 5) is 15.6. The van der Waals surface area contributed by atoms with Gasteiger partial charge < -0.3 is 10.1 Å². The van der Waals surface area contributed by atoms with Crippen LogP contribution < -0.4 is 0 Å². The maximum absolute atomic E-state index is 11.5. The zero-order valence-electron chi connectivity index (χ0n) is 10.9. The first kappa shape index (κ1) is 12.8. The Morgan fingerprint density at radius 1 is 1.15 bits per heavy atom. The number of hydrogen-bond donors (Lipinski definition) is 2. The summed E-state index contributed by atoms with van der Waals surface area (Å²) in [5.41, 5.74) is 2.75. The second-order valence-corrected chi connectivity index (χ2v) is 5.34. The highest BCUT2D eigenvalue weighted by Crippen LogP contribution is 2.34. The molecule has 1 aromatic heterocycles. The molecule has 0 fully saturated rings. The van der Waals surface area contributed by atoms with E-state index in [4.69, 9.17) is 0 Å². The minimum absolute atomic E-state index is 0.240. The molecule has 2 aromatic carbocycles. The molecule has 0 aliphatic heterocycles. The topological polar surface area (TPSA) is 53.1 Å². The van der Waals surface area contributed by atoms with Crippen molar-refractivity contribution in [3.63, 3.8) is 0 Å². The third kappa shape index (κ3) is 2.08. The molecule has 3 nitrogen and oxygen atoms in total. The van der Waals surface area contributed by atoms with Crippen LogP contribution in [0.25, 0.3) is 22.0 Å². The van der Waals surface area contributed by atoms with E-state index in [1.807, 2.05) is 54.8 Å². The monoisotopic (exact) mass is 283 g/mol. The number of carboxylic acid groups (broad SMARTS) is 1. The van der Waals surface area contributed by atoms with Crippen molar-refractivity contribution in [1.29, 1.82) is 0 Å². The lowest BCUT2D eigenvalue weighted by Gasteiger charge is -2.03. The smallest absolute Gasteiger partial charge is 0.352 e. The molecule has 0 aliphatic carbocycles. The summed E-state index contributed by atoms with van der Waals surface area (Å²) in [6, 6.07) is 15.6. The fraction of sp³-hybridized carbons (Fsp3) is 0.0625. The molecule has 0 radical (unpaired) electrons. The lowest BCUT2D eigenvalue weighted by Crippen LogP contribution is -1.98. The van der Waals surface area contributed by atoms with E-state index in [-0.39, 0.29) is 5.69 Å². The minimum Gasteiger partial charge on any atom is -0.477 e. The maximum atomic E-state index is 11.5. The molecule has 20 heavy (non-hydrogen) atoms. The van der Waals surface area contributed by atoms with Gasteiger partial charge in [-0.15, -0.1) is 11.8 Å². The number of fused-ring (bicyclic) bond motifs is 1. The summed E-state index contributed by atoms with van der Waals surface area (Å²) < 4.78 is 0. The lowest BCUT2D eigenvalue weighted by molar-refractivity contribution is 0.0692. The van der Waals surface area contributed by atoms with Crippen LogP contribution in [0.3, 0.4) is 0 Å². The van der Waals surface area contributed by atoms with Crippen molar-refractivity contribution in [2.75, 3.05) is 6.26 Å². The number of rotatable bonds is 3. The molecule has 1 heterocycles. The van der Waals surface area contributed by atoms with Crippen LogP contribution >= 0.6 is 11.8 Å². The number of thioether (sulfide) groups is 1. The fourth-order valence-electron chi connectivity index (χ4n) is 2.36. The second-order valence-electron chi connectivity index (χ2n) is 4.46. The molecule has 0 bridgehead atoms. The van der Waals surface area contributed by atoms with Gasteiger partial charge >= 0.3 is 5.97 Å². The highest BCUT2D eigenvalue weighted by Gasteiger charge is 2.18.